The topological polar surface area (TPSA) is 101 Å². The van der Waals surface area contributed by atoms with Crippen molar-refractivity contribution < 1.29 is 32.6 Å². The summed E-state index contributed by atoms with van der Waals surface area (Å²) in [6.07, 6.45) is -0.719. The van der Waals surface area contributed by atoms with Gasteiger partial charge in [0, 0.05) is 23.4 Å². The standard InChI is InChI=1S/C25H30F3N3O4/c1-14-10-18(23(32)30-12-16-4-6-17(7-5-16)24(33)34)8-9-20(14)31-15(2)19-11-22(25(26,27)28)29-13-21(19)35-3/h8-11,13,15-17,31H,4-7,12H2,1-3H3,(H,30,32)(H,33,34). The lowest BCUT2D eigenvalue weighted by Gasteiger charge is -2.26. The van der Waals surface area contributed by atoms with E-state index in [2.05, 4.69) is 15.6 Å². The molecule has 1 aliphatic carbocycles. The van der Waals surface area contributed by atoms with Crippen molar-refractivity contribution in [3.8, 4) is 5.75 Å². The van der Waals surface area contributed by atoms with Crippen molar-refractivity contribution in [2.75, 3.05) is 19.0 Å². The number of nitrogens with one attached hydrogen (secondary N) is 2. The van der Waals surface area contributed by atoms with Gasteiger partial charge in [-0.05, 0) is 75.3 Å². The summed E-state index contributed by atoms with van der Waals surface area (Å²) in [5.74, 6) is -0.773. The number of hydrogen-bond donors (Lipinski definition) is 3. The molecule has 3 rings (SSSR count). The first-order chi connectivity index (χ1) is 16.5. The summed E-state index contributed by atoms with van der Waals surface area (Å²) >= 11 is 0. The van der Waals surface area contributed by atoms with E-state index in [-0.39, 0.29) is 23.5 Å². The summed E-state index contributed by atoms with van der Waals surface area (Å²) in [5, 5.41) is 15.2. The van der Waals surface area contributed by atoms with E-state index in [0.717, 1.165) is 30.7 Å². The van der Waals surface area contributed by atoms with Crippen molar-refractivity contribution in [3.05, 3.63) is 52.8 Å². The first kappa shape index (κ1) is 26.3. The summed E-state index contributed by atoms with van der Waals surface area (Å²) in [5.41, 5.74) is 1.22. The predicted molar refractivity (Wildman–Crippen MR) is 124 cm³/mol. The average Bonchev–Trinajstić information content (AvgIpc) is 2.82. The Labute approximate surface area is 202 Å². The van der Waals surface area contributed by atoms with E-state index in [1.165, 1.54) is 7.11 Å². The van der Waals surface area contributed by atoms with E-state index < -0.39 is 23.9 Å². The molecule has 0 radical (unpaired) electrons. The highest BCUT2D eigenvalue weighted by molar-refractivity contribution is 5.94. The number of carboxylic acids is 1. The first-order valence-electron chi connectivity index (χ1n) is 11.5. The smallest absolute Gasteiger partial charge is 0.433 e. The molecule has 1 aliphatic rings. The van der Waals surface area contributed by atoms with Gasteiger partial charge in [0.05, 0.1) is 25.3 Å². The molecule has 1 aromatic heterocycles. The van der Waals surface area contributed by atoms with Gasteiger partial charge in [-0.2, -0.15) is 13.2 Å². The number of hydrogen-bond acceptors (Lipinski definition) is 5. The van der Waals surface area contributed by atoms with Crippen LogP contribution in [-0.2, 0) is 11.0 Å². The second kappa shape index (κ2) is 11.0. The monoisotopic (exact) mass is 493 g/mol. The van der Waals surface area contributed by atoms with Gasteiger partial charge in [0.2, 0.25) is 0 Å². The predicted octanol–water partition coefficient (Wildman–Crippen LogP) is 5.21. The molecule has 1 unspecified atom stereocenters. The van der Waals surface area contributed by atoms with Crippen LogP contribution < -0.4 is 15.4 Å². The largest absolute Gasteiger partial charge is 0.495 e. The molecule has 0 aliphatic heterocycles. The van der Waals surface area contributed by atoms with Crippen LogP contribution in [-0.4, -0.2) is 35.6 Å². The van der Waals surface area contributed by atoms with E-state index in [1.807, 2.05) is 6.92 Å². The number of rotatable bonds is 8. The van der Waals surface area contributed by atoms with Gasteiger partial charge in [0.25, 0.3) is 5.91 Å². The second-order valence-corrected chi connectivity index (χ2v) is 8.97. The maximum absolute atomic E-state index is 13.1. The molecule has 1 fully saturated rings. The van der Waals surface area contributed by atoms with Crippen LogP contribution in [0.3, 0.4) is 0 Å². The Hall–Kier alpha value is -3.30. The number of aromatic nitrogens is 1. The second-order valence-electron chi connectivity index (χ2n) is 8.97. The van der Waals surface area contributed by atoms with Crippen LogP contribution in [0.1, 0.15) is 65.8 Å². The third kappa shape index (κ3) is 6.64. The van der Waals surface area contributed by atoms with E-state index >= 15 is 0 Å². The number of aryl methyl sites for hydroxylation is 1. The summed E-state index contributed by atoms with van der Waals surface area (Å²) in [6, 6.07) is 5.54. The van der Waals surface area contributed by atoms with Crippen molar-refractivity contribution in [2.24, 2.45) is 11.8 Å². The zero-order chi connectivity index (χ0) is 25.8. The van der Waals surface area contributed by atoms with Crippen LogP contribution in [0.5, 0.6) is 5.75 Å². The number of anilines is 1. The SMILES string of the molecule is COc1cnc(C(F)(F)F)cc1C(C)Nc1ccc(C(=O)NCC2CCC(C(=O)O)CC2)cc1C. The van der Waals surface area contributed by atoms with Gasteiger partial charge in [-0.15, -0.1) is 0 Å². The molecular weight excluding hydrogens is 463 g/mol. The summed E-state index contributed by atoms with van der Waals surface area (Å²) in [6.45, 7) is 4.02. The van der Waals surface area contributed by atoms with Crippen molar-refractivity contribution in [3.63, 3.8) is 0 Å². The van der Waals surface area contributed by atoms with Gasteiger partial charge >= 0.3 is 12.1 Å². The number of carboxylic acid groups (broad SMARTS) is 1. The Morgan fingerprint density at radius 3 is 2.46 bits per heavy atom. The molecular formula is C25H30F3N3O4. The number of pyridine rings is 1. The van der Waals surface area contributed by atoms with Crippen LogP contribution in [0.25, 0.3) is 0 Å². The van der Waals surface area contributed by atoms with Crippen molar-refractivity contribution in [1.29, 1.82) is 0 Å². The van der Waals surface area contributed by atoms with Gasteiger partial charge in [-0.3, -0.25) is 9.59 Å². The zero-order valence-electron chi connectivity index (χ0n) is 19.9. The maximum atomic E-state index is 13.1. The van der Waals surface area contributed by atoms with Crippen molar-refractivity contribution in [1.82, 2.24) is 10.3 Å². The maximum Gasteiger partial charge on any atom is 0.433 e. The number of aliphatic carboxylic acids is 1. The molecule has 10 heteroatoms. The quantitative estimate of drug-likeness (QED) is 0.467. The van der Waals surface area contributed by atoms with Gasteiger partial charge in [0.1, 0.15) is 11.4 Å². The van der Waals surface area contributed by atoms with Crippen LogP contribution in [0, 0.1) is 18.8 Å². The Kier molecular flexibility index (Phi) is 8.24. The molecule has 190 valence electrons. The number of carbonyl (C=O) groups excluding carboxylic acids is 1. The Morgan fingerprint density at radius 1 is 1.20 bits per heavy atom. The van der Waals surface area contributed by atoms with Gasteiger partial charge in [-0.1, -0.05) is 0 Å². The Balaban J connectivity index is 1.63. The minimum absolute atomic E-state index is 0.223. The van der Waals surface area contributed by atoms with E-state index in [9.17, 15) is 22.8 Å². The van der Waals surface area contributed by atoms with Crippen molar-refractivity contribution >= 4 is 17.6 Å². The molecule has 0 saturated heterocycles. The van der Waals surface area contributed by atoms with E-state index in [1.54, 1.807) is 25.1 Å². The van der Waals surface area contributed by atoms with E-state index in [0.29, 0.717) is 36.2 Å². The van der Waals surface area contributed by atoms with Gasteiger partial charge in [0.15, 0.2) is 0 Å². The third-order valence-electron chi connectivity index (χ3n) is 6.48. The average molecular weight is 494 g/mol. The minimum Gasteiger partial charge on any atom is -0.495 e. The molecule has 2 aromatic rings. The highest BCUT2D eigenvalue weighted by Gasteiger charge is 2.34. The molecule has 1 atom stereocenters. The molecule has 1 amide bonds. The first-order valence-corrected chi connectivity index (χ1v) is 11.5. The lowest BCUT2D eigenvalue weighted by atomic mass is 9.82. The lowest BCUT2D eigenvalue weighted by Crippen LogP contribution is -2.32. The summed E-state index contributed by atoms with van der Waals surface area (Å²) in [7, 11) is 1.37. The molecule has 1 heterocycles. The molecule has 0 spiro atoms. The highest BCUT2D eigenvalue weighted by Crippen LogP contribution is 2.34. The molecule has 1 aromatic carbocycles. The van der Waals surface area contributed by atoms with Crippen LogP contribution in [0.2, 0.25) is 0 Å². The number of amides is 1. The van der Waals surface area contributed by atoms with Crippen molar-refractivity contribution in [2.45, 2.75) is 51.7 Å². The molecule has 7 nitrogen and oxygen atoms in total. The fourth-order valence-electron chi connectivity index (χ4n) is 4.35. The van der Waals surface area contributed by atoms with Crippen LogP contribution in [0.15, 0.2) is 30.5 Å². The summed E-state index contributed by atoms with van der Waals surface area (Å²) in [4.78, 5) is 27.1. The Bertz CT molecular complexity index is 1070. The number of nitrogens with zero attached hydrogens (tertiary/aromatic N) is 1. The highest BCUT2D eigenvalue weighted by atomic mass is 19.4. The fourth-order valence-corrected chi connectivity index (χ4v) is 4.35. The zero-order valence-corrected chi connectivity index (χ0v) is 19.9. The number of alkyl halides is 3. The normalized spacial score (nSPS) is 19.0. The van der Waals surface area contributed by atoms with Crippen LogP contribution >= 0.6 is 0 Å². The van der Waals surface area contributed by atoms with E-state index in [4.69, 9.17) is 9.84 Å². The third-order valence-corrected chi connectivity index (χ3v) is 6.48. The number of halogens is 3. The molecule has 0 bridgehead atoms. The van der Waals surface area contributed by atoms with Gasteiger partial charge < -0.3 is 20.5 Å². The number of benzene rings is 1. The molecule has 35 heavy (non-hydrogen) atoms. The van der Waals surface area contributed by atoms with Gasteiger partial charge in [-0.25, -0.2) is 4.98 Å². The Morgan fingerprint density at radius 2 is 1.89 bits per heavy atom. The molecule has 1 saturated carbocycles. The summed E-state index contributed by atoms with van der Waals surface area (Å²) < 4.78 is 44.6. The number of carbonyl (C=O) groups is 2. The number of ether oxygens (including phenoxy) is 1. The van der Waals surface area contributed by atoms with Crippen LogP contribution in [0.4, 0.5) is 18.9 Å². The molecule has 3 N–H and O–H groups in total. The lowest BCUT2D eigenvalue weighted by molar-refractivity contribution is -0.143. The minimum atomic E-state index is -4.57. The number of methoxy groups -OCH3 is 1. The fraction of sp³-hybridized carbons (Fsp3) is 0.480.